The van der Waals surface area contributed by atoms with Crippen molar-refractivity contribution in [1.82, 2.24) is 0 Å². The van der Waals surface area contributed by atoms with Crippen LogP contribution in [0.15, 0.2) is 70.9 Å². The van der Waals surface area contributed by atoms with Gasteiger partial charge in [0.25, 0.3) is 11.8 Å². The molecular formula is C56H82F4N2O10. The van der Waals surface area contributed by atoms with Crippen LogP contribution in [0.4, 0.5) is 28.9 Å². The van der Waals surface area contributed by atoms with Gasteiger partial charge >= 0.3 is 0 Å². The third-order valence-corrected chi connectivity index (χ3v) is 14.3. The van der Waals surface area contributed by atoms with E-state index < -0.39 is 64.8 Å². The molecule has 0 radical (unpaired) electrons. The maximum Gasteiger partial charge on any atom is 0.251 e. The van der Waals surface area contributed by atoms with E-state index in [1.54, 1.807) is 46.1 Å². The number of methoxy groups -OCH3 is 2. The highest BCUT2D eigenvalue weighted by Crippen LogP contribution is 2.33. The van der Waals surface area contributed by atoms with Crippen LogP contribution in [-0.4, -0.2) is 108 Å². The minimum Gasteiger partial charge on any atom is -0.396 e. The molecule has 0 spiro atoms. The van der Waals surface area contributed by atoms with Gasteiger partial charge in [0.2, 0.25) is 0 Å². The number of hydrogen-bond donors (Lipinski definition) is 8. The number of anilines is 2. The molecule has 2 amide bonds. The van der Waals surface area contributed by atoms with Crippen molar-refractivity contribution in [2.24, 2.45) is 47.3 Å². The SMILES string of the molecule is CO[C@H]1/C(C)=C/[C@H](C)[C@@H](O)[C@@H](CO)C[C@H](C)Cc2c(F)c(F)cc(c2F)NC(=O)/C(C)=C/CC[C@@H]1CO.CO[C@H]1/C(C)=C/[C@H](C)[C@@H](O)[C@@H](CO)C[C@H](C)Cc2cc(ccc2F)NC(=O)/C(C)=C/CC[C@@H]1CO. The molecule has 8 N–H and O–H groups in total. The highest BCUT2D eigenvalue weighted by atomic mass is 19.2. The van der Waals surface area contributed by atoms with Gasteiger partial charge in [0.1, 0.15) is 5.82 Å². The van der Waals surface area contributed by atoms with Crippen LogP contribution >= 0.6 is 0 Å². The van der Waals surface area contributed by atoms with Crippen molar-refractivity contribution >= 4 is 23.2 Å². The summed E-state index contributed by atoms with van der Waals surface area (Å²) >= 11 is 0. The predicted octanol–water partition coefficient (Wildman–Crippen LogP) is 8.77. The van der Waals surface area contributed by atoms with E-state index >= 15 is 4.39 Å². The standard InChI is InChI=1S/C28H40F3NO5.C28H42FNO5/c1-15-9-20(14-34)26(35)17(3)11-18(4)27(37-5)19(13-33)8-6-7-16(2)28(36)32-23-12-22(29)24(30)21(10-15)25(23)31;1-17-11-22-14-24(9-10-25(22)29)30-28(34)18(2)7-6-8-21(15-31)27(35-5)20(4)13-19(3)26(33)23(12-17)16-32/h7,11-12,15,17,19-20,26-27,33-35H,6,8-10,13-14H2,1-5H3,(H,32,36);7,9-10,13-14,17,19,21,23,26-27,31-33H,6,8,11-12,15-16H2,1-5H3,(H,30,34)/b16-7+,18-11+;18-7+,20-13+/t15-,17-,19+,20+,26+,27-;17-,19+,21-,23-,26-,27+/m01/s1. The van der Waals surface area contributed by atoms with Gasteiger partial charge in [0, 0.05) is 105 Å². The lowest BCUT2D eigenvalue weighted by atomic mass is 9.82. The van der Waals surface area contributed by atoms with Crippen LogP contribution in [-0.2, 0) is 31.9 Å². The first kappa shape index (κ1) is 62.0. The Hall–Kier alpha value is -4.26. The fourth-order valence-corrected chi connectivity index (χ4v) is 10.2. The Morgan fingerprint density at radius 1 is 0.597 bits per heavy atom. The van der Waals surface area contributed by atoms with Gasteiger partial charge in [-0.1, -0.05) is 52.0 Å². The molecule has 0 saturated heterocycles. The molecule has 12 atom stereocenters. The molecule has 4 rings (SSSR count). The van der Waals surface area contributed by atoms with E-state index in [1.807, 2.05) is 45.9 Å². The molecule has 0 aromatic heterocycles. The summed E-state index contributed by atoms with van der Waals surface area (Å²) in [6, 6.07) is 5.16. The second-order valence-electron chi connectivity index (χ2n) is 20.3. The normalized spacial score (nSPS) is 32.2. The van der Waals surface area contributed by atoms with Crippen molar-refractivity contribution in [3.63, 3.8) is 0 Å². The Bertz CT molecular complexity index is 2200. The van der Waals surface area contributed by atoms with Gasteiger partial charge in [-0.2, -0.15) is 0 Å². The molecule has 0 saturated carbocycles. The van der Waals surface area contributed by atoms with Crippen molar-refractivity contribution < 1.29 is 67.3 Å². The number of aliphatic hydroxyl groups excluding tert-OH is 6. The van der Waals surface area contributed by atoms with E-state index in [0.717, 1.165) is 11.1 Å². The Kier molecular flexibility index (Phi) is 26.0. The minimum atomic E-state index is -1.32. The van der Waals surface area contributed by atoms with Gasteiger partial charge in [-0.3, -0.25) is 9.59 Å². The van der Waals surface area contributed by atoms with Crippen LogP contribution in [0.5, 0.6) is 0 Å². The van der Waals surface area contributed by atoms with Crippen molar-refractivity contribution in [3.8, 4) is 0 Å². The predicted molar refractivity (Wildman–Crippen MR) is 273 cm³/mol. The summed E-state index contributed by atoms with van der Waals surface area (Å²) < 4.78 is 70.0. The smallest absolute Gasteiger partial charge is 0.251 e. The van der Waals surface area contributed by atoms with Gasteiger partial charge in [0.15, 0.2) is 17.5 Å². The van der Waals surface area contributed by atoms with Crippen LogP contribution in [0.25, 0.3) is 0 Å². The first-order valence-electron chi connectivity index (χ1n) is 25.2. The van der Waals surface area contributed by atoms with E-state index in [4.69, 9.17) is 9.47 Å². The number of amides is 2. The summed E-state index contributed by atoms with van der Waals surface area (Å²) in [5.41, 5.74) is 2.56. The number of halogens is 4. The van der Waals surface area contributed by atoms with Gasteiger partial charge < -0.3 is 50.7 Å². The van der Waals surface area contributed by atoms with E-state index in [0.29, 0.717) is 61.4 Å². The number of carbonyl (C=O) groups excluding carboxylic acids is 2. The lowest BCUT2D eigenvalue weighted by molar-refractivity contribution is -0.113. The second-order valence-corrected chi connectivity index (χ2v) is 20.3. The van der Waals surface area contributed by atoms with E-state index in [-0.39, 0.29) is 98.2 Å². The topological polar surface area (TPSA) is 198 Å². The number of aliphatic hydroxyl groups is 6. The Morgan fingerprint density at radius 2 is 1.04 bits per heavy atom. The average molecular weight is 1020 g/mol. The van der Waals surface area contributed by atoms with Gasteiger partial charge in [-0.25, -0.2) is 17.6 Å². The highest BCUT2D eigenvalue weighted by Gasteiger charge is 2.31. The minimum absolute atomic E-state index is 0.00580. The zero-order valence-corrected chi connectivity index (χ0v) is 43.9. The molecule has 2 heterocycles. The van der Waals surface area contributed by atoms with Crippen LogP contribution < -0.4 is 10.6 Å². The number of fused-ring (bicyclic) bond motifs is 4. The van der Waals surface area contributed by atoms with Crippen molar-refractivity contribution in [2.45, 2.75) is 131 Å². The van der Waals surface area contributed by atoms with Gasteiger partial charge in [-0.15, -0.1) is 0 Å². The number of rotatable bonds is 6. The quantitative estimate of drug-likeness (QED) is 0.0787. The third-order valence-electron chi connectivity index (χ3n) is 14.3. The number of ether oxygens (including phenoxy) is 2. The maximum absolute atomic E-state index is 15.2. The molecule has 12 nitrogen and oxygen atoms in total. The fraction of sp³-hybridized carbons (Fsp3) is 0.607. The van der Waals surface area contributed by atoms with Crippen molar-refractivity contribution in [1.29, 1.82) is 0 Å². The molecule has 16 heteroatoms. The van der Waals surface area contributed by atoms with Crippen LogP contribution in [0.3, 0.4) is 0 Å². The summed E-state index contributed by atoms with van der Waals surface area (Å²) in [5, 5.41) is 67.2. The molecule has 2 aliphatic heterocycles. The monoisotopic (exact) mass is 1020 g/mol. The highest BCUT2D eigenvalue weighted by molar-refractivity contribution is 6.04. The van der Waals surface area contributed by atoms with Crippen LogP contribution in [0.1, 0.15) is 105 Å². The zero-order chi connectivity index (χ0) is 54.0. The number of allylic oxidation sites excluding steroid dienone is 2. The molecule has 404 valence electrons. The Balaban J connectivity index is 0.000000381. The molecule has 0 unspecified atom stereocenters. The Morgan fingerprint density at radius 3 is 1.49 bits per heavy atom. The molecule has 0 aliphatic carbocycles. The summed E-state index contributed by atoms with van der Waals surface area (Å²) in [6.45, 7) is 13.6. The van der Waals surface area contributed by atoms with Gasteiger partial charge in [0.05, 0.1) is 30.1 Å². The van der Waals surface area contributed by atoms with E-state index in [2.05, 4.69) is 10.6 Å². The number of hydrogen-bond acceptors (Lipinski definition) is 10. The van der Waals surface area contributed by atoms with Crippen molar-refractivity contribution in [2.75, 3.05) is 51.3 Å². The first-order chi connectivity index (χ1) is 34.0. The summed E-state index contributed by atoms with van der Waals surface area (Å²) in [5.74, 6) is -7.43. The molecule has 72 heavy (non-hydrogen) atoms. The van der Waals surface area contributed by atoms with Crippen LogP contribution in [0.2, 0.25) is 0 Å². The van der Waals surface area contributed by atoms with E-state index in [1.165, 1.54) is 20.1 Å². The molecule has 4 bridgehead atoms. The third kappa shape index (κ3) is 17.7. The fourth-order valence-electron chi connectivity index (χ4n) is 10.2. The average Bonchev–Trinajstić information content (AvgIpc) is 3.34. The Labute approximate surface area is 424 Å². The first-order valence-corrected chi connectivity index (χ1v) is 25.2. The number of benzene rings is 2. The van der Waals surface area contributed by atoms with Crippen molar-refractivity contribution in [3.05, 3.63) is 105 Å². The molecular weight excluding hydrogens is 937 g/mol. The maximum atomic E-state index is 15.2. The van der Waals surface area contributed by atoms with Gasteiger partial charge in [-0.05, 0) is 126 Å². The summed E-state index contributed by atoms with van der Waals surface area (Å²) in [7, 11) is 3.13. The van der Waals surface area contributed by atoms with E-state index in [9.17, 15) is 53.4 Å². The summed E-state index contributed by atoms with van der Waals surface area (Å²) in [4.78, 5) is 25.3. The molecule has 2 aromatic rings. The largest absolute Gasteiger partial charge is 0.396 e. The number of nitrogens with one attached hydrogen (secondary N) is 2. The molecule has 0 fully saturated rings. The molecule has 2 aliphatic rings. The number of carbonyl (C=O) groups is 2. The lowest BCUT2D eigenvalue weighted by Gasteiger charge is -2.29. The summed E-state index contributed by atoms with van der Waals surface area (Å²) in [6.07, 6.45) is 7.78. The molecule has 2 aromatic carbocycles. The second kappa shape index (κ2) is 30.2. The lowest BCUT2D eigenvalue weighted by Crippen LogP contribution is -2.32. The van der Waals surface area contributed by atoms with Crippen LogP contribution in [0, 0.1) is 70.6 Å². The zero-order valence-electron chi connectivity index (χ0n) is 43.9.